The summed E-state index contributed by atoms with van der Waals surface area (Å²) >= 11 is 0. The predicted octanol–water partition coefficient (Wildman–Crippen LogP) is 0.326. The molecule has 1 heterocycles. The minimum Gasteiger partial charge on any atom is -0.481 e. The van der Waals surface area contributed by atoms with Crippen LogP contribution >= 0.6 is 0 Å². The Kier molecular flexibility index (Phi) is 9.32. The van der Waals surface area contributed by atoms with E-state index in [0.29, 0.717) is 12.8 Å². The molecule has 1 rings (SSSR count). The SMILES string of the molecule is CC(C)(CCN1C(=O)C=CC1=O)OCCC(C)(C)OCC(=O)NC(CC(=O)O)C(=O)O. The first kappa shape index (κ1) is 26.2. The fourth-order valence-electron chi connectivity index (χ4n) is 2.62. The topological polar surface area (TPSA) is 160 Å². The average Bonchev–Trinajstić information content (AvgIpc) is 2.95. The van der Waals surface area contributed by atoms with Gasteiger partial charge in [-0.15, -0.1) is 0 Å². The van der Waals surface area contributed by atoms with E-state index in [0.717, 1.165) is 4.90 Å². The zero-order chi connectivity index (χ0) is 23.8. The molecule has 0 saturated heterocycles. The van der Waals surface area contributed by atoms with Gasteiger partial charge in [0.15, 0.2) is 0 Å². The Balaban J connectivity index is 2.38. The van der Waals surface area contributed by atoms with Crippen LogP contribution in [0.25, 0.3) is 0 Å². The molecule has 0 fully saturated rings. The fourth-order valence-corrected chi connectivity index (χ4v) is 2.62. The lowest BCUT2D eigenvalue weighted by Gasteiger charge is -2.30. The standard InChI is InChI=1S/C20H30N2O9/c1-19(2,7-9-22-15(24)5-6-16(22)25)30-10-8-20(3,4)31-12-14(23)21-13(18(28)29)11-17(26)27/h5-6,13H,7-12H2,1-4H3,(H,21,23)(H,26,27)(H,28,29). The summed E-state index contributed by atoms with van der Waals surface area (Å²) in [6.45, 7) is 7.21. The van der Waals surface area contributed by atoms with Crippen molar-refractivity contribution in [2.75, 3.05) is 19.8 Å². The van der Waals surface area contributed by atoms with Crippen LogP contribution in [0.3, 0.4) is 0 Å². The molecule has 0 radical (unpaired) electrons. The molecule has 0 bridgehead atoms. The number of nitrogens with one attached hydrogen (secondary N) is 1. The van der Waals surface area contributed by atoms with Gasteiger partial charge in [0, 0.05) is 18.7 Å². The highest BCUT2D eigenvalue weighted by Crippen LogP contribution is 2.20. The van der Waals surface area contributed by atoms with Crippen molar-refractivity contribution in [1.29, 1.82) is 0 Å². The summed E-state index contributed by atoms with van der Waals surface area (Å²) in [6.07, 6.45) is 2.57. The number of carbonyl (C=O) groups is 5. The molecule has 3 amide bonds. The molecular formula is C20H30N2O9. The third kappa shape index (κ3) is 9.71. The molecule has 1 unspecified atom stereocenters. The van der Waals surface area contributed by atoms with Gasteiger partial charge >= 0.3 is 11.9 Å². The molecule has 174 valence electrons. The second-order valence-electron chi connectivity index (χ2n) is 8.37. The number of amides is 3. The van der Waals surface area contributed by atoms with E-state index in [9.17, 15) is 24.0 Å². The number of carboxylic acids is 2. The van der Waals surface area contributed by atoms with Gasteiger partial charge in [0.05, 0.1) is 24.2 Å². The molecule has 0 aromatic carbocycles. The van der Waals surface area contributed by atoms with Crippen LogP contribution in [0.5, 0.6) is 0 Å². The minimum atomic E-state index is -1.54. The van der Waals surface area contributed by atoms with Crippen molar-refractivity contribution in [3.8, 4) is 0 Å². The second kappa shape index (κ2) is 11.0. The molecule has 1 aliphatic rings. The van der Waals surface area contributed by atoms with Gasteiger partial charge < -0.3 is 25.0 Å². The normalized spacial score (nSPS) is 15.3. The molecule has 1 aliphatic heterocycles. The van der Waals surface area contributed by atoms with Crippen LogP contribution in [0.2, 0.25) is 0 Å². The van der Waals surface area contributed by atoms with Crippen molar-refractivity contribution in [2.24, 2.45) is 0 Å². The summed E-state index contributed by atoms with van der Waals surface area (Å²) in [7, 11) is 0. The van der Waals surface area contributed by atoms with Gasteiger partial charge in [-0.3, -0.25) is 24.1 Å². The number of hydrogen-bond acceptors (Lipinski definition) is 7. The van der Waals surface area contributed by atoms with E-state index < -0.39 is 48.1 Å². The van der Waals surface area contributed by atoms with Crippen molar-refractivity contribution in [1.82, 2.24) is 10.2 Å². The molecule has 0 aromatic heterocycles. The molecule has 31 heavy (non-hydrogen) atoms. The van der Waals surface area contributed by atoms with Crippen molar-refractivity contribution in [2.45, 2.75) is 64.2 Å². The Morgan fingerprint density at radius 2 is 1.55 bits per heavy atom. The maximum Gasteiger partial charge on any atom is 0.326 e. The van der Waals surface area contributed by atoms with Crippen LogP contribution in [0.15, 0.2) is 12.2 Å². The average molecular weight is 442 g/mol. The van der Waals surface area contributed by atoms with Gasteiger partial charge in [-0.1, -0.05) is 0 Å². The van der Waals surface area contributed by atoms with Crippen molar-refractivity contribution < 1.29 is 43.7 Å². The maximum absolute atomic E-state index is 11.9. The van der Waals surface area contributed by atoms with Crippen LogP contribution in [-0.2, 0) is 33.4 Å². The molecule has 3 N–H and O–H groups in total. The highest BCUT2D eigenvalue weighted by atomic mass is 16.5. The number of ether oxygens (including phenoxy) is 2. The first-order valence-electron chi connectivity index (χ1n) is 9.78. The molecule has 11 nitrogen and oxygen atoms in total. The van der Waals surface area contributed by atoms with Crippen LogP contribution in [0.4, 0.5) is 0 Å². The van der Waals surface area contributed by atoms with Crippen LogP contribution < -0.4 is 5.32 Å². The predicted molar refractivity (Wildman–Crippen MR) is 107 cm³/mol. The van der Waals surface area contributed by atoms with E-state index in [1.807, 2.05) is 13.8 Å². The van der Waals surface area contributed by atoms with Crippen LogP contribution in [0, 0.1) is 0 Å². The van der Waals surface area contributed by atoms with E-state index in [-0.39, 0.29) is 25.0 Å². The summed E-state index contributed by atoms with van der Waals surface area (Å²) in [5.41, 5.74) is -1.38. The Morgan fingerprint density at radius 3 is 2.06 bits per heavy atom. The van der Waals surface area contributed by atoms with Gasteiger partial charge in [0.25, 0.3) is 11.8 Å². The number of hydrogen-bond donors (Lipinski definition) is 3. The zero-order valence-corrected chi connectivity index (χ0v) is 18.2. The van der Waals surface area contributed by atoms with E-state index in [1.165, 1.54) is 12.2 Å². The second-order valence-corrected chi connectivity index (χ2v) is 8.37. The number of nitrogens with zero attached hydrogens (tertiary/aromatic N) is 1. The molecular weight excluding hydrogens is 412 g/mol. The lowest BCUT2D eigenvalue weighted by atomic mass is 10.0. The molecule has 0 saturated carbocycles. The van der Waals surface area contributed by atoms with Gasteiger partial charge in [-0.2, -0.15) is 0 Å². The molecule has 0 spiro atoms. The lowest BCUT2D eigenvalue weighted by molar-refractivity contribution is -0.148. The van der Waals surface area contributed by atoms with Crippen molar-refractivity contribution >= 4 is 29.7 Å². The van der Waals surface area contributed by atoms with E-state index in [4.69, 9.17) is 19.7 Å². The summed E-state index contributed by atoms with van der Waals surface area (Å²) in [4.78, 5) is 57.9. The molecule has 0 aliphatic carbocycles. The van der Waals surface area contributed by atoms with Crippen molar-refractivity contribution in [3.05, 3.63) is 12.2 Å². The Labute approximate surface area is 180 Å². The summed E-state index contributed by atoms with van der Waals surface area (Å²) < 4.78 is 11.4. The molecule has 1 atom stereocenters. The third-order valence-electron chi connectivity index (χ3n) is 4.64. The Hall–Kier alpha value is -2.79. The van der Waals surface area contributed by atoms with E-state index in [2.05, 4.69) is 5.32 Å². The Bertz CT molecular complexity index is 725. The molecule has 0 aromatic rings. The maximum atomic E-state index is 11.9. The number of carbonyl (C=O) groups excluding carboxylic acids is 3. The first-order chi connectivity index (χ1) is 14.2. The zero-order valence-electron chi connectivity index (χ0n) is 18.2. The smallest absolute Gasteiger partial charge is 0.326 e. The number of carboxylic acid groups (broad SMARTS) is 2. The lowest BCUT2D eigenvalue weighted by Crippen LogP contribution is -2.45. The first-order valence-corrected chi connectivity index (χ1v) is 9.78. The quantitative estimate of drug-likeness (QED) is 0.322. The van der Waals surface area contributed by atoms with E-state index in [1.54, 1.807) is 13.8 Å². The Morgan fingerprint density at radius 1 is 1.00 bits per heavy atom. The van der Waals surface area contributed by atoms with Crippen LogP contribution in [-0.4, -0.2) is 81.8 Å². The third-order valence-corrected chi connectivity index (χ3v) is 4.64. The van der Waals surface area contributed by atoms with Crippen molar-refractivity contribution in [3.63, 3.8) is 0 Å². The van der Waals surface area contributed by atoms with Gasteiger partial charge in [0.1, 0.15) is 12.6 Å². The van der Waals surface area contributed by atoms with Gasteiger partial charge in [-0.05, 0) is 40.5 Å². The number of aliphatic carboxylic acids is 2. The highest BCUT2D eigenvalue weighted by molar-refractivity contribution is 6.12. The van der Waals surface area contributed by atoms with Gasteiger partial charge in [-0.25, -0.2) is 4.79 Å². The minimum absolute atomic E-state index is 0.235. The van der Waals surface area contributed by atoms with Crippen LogP contribution in [0.1, 0.15) is 47.0 Å². The number of rotatable bonds is 14. The fraction of sp³-hybridized carbons (Fsp3) is 0.650. The highest BCUT2D eigenvalue weighted by Gasteiger charge is 2.29. The van der Waals surface area contributed by atoms with Gasteiger partial charge in [0.2, 0.25) is 5.91 Å². The summed E-state index contributed by atoms with van der Waals surface area (Å²) in [5, 5.41) is 19.8. The largest absolute Gasteiger partial charge is 0.481 e. The summed E-state index contributed by atoms with van der Waals surface area (Å²) in [5.74, 6) is -4.22. The molecule has 11 heteroatoms. The summed E-state index contributed by atoms with van der Waals surface area (Å²) in [6, 6.07) is -1.54. The number of imide groups is 1. The monoisotopic (exact) mass is 442 g/mol. The van der Waals surface area contributed by atoms with E-state index >= 15 is 0 Å².